The third-order valence-corrected chi connectivity index (χ3v) is 9.68. The van der Waals surface area contributed by atoms with E-state index < -0.39 is 17.9 Å². The first-order valence-electron chi connectivity index (χ1n) is 16.2. The van der Waals surface area contributed by atoms with Crippen molar-refractivity contribution in [3.05, 3.63) is 70.7 Å². The van der Waals surface area contributed by atoms with Gasteiger partial charge in [-0.3, -0.25) is 14.4 Å². The number of H-pyrrole nitrogens is 1. The molecule has 2 aromatic heterocycles. The zero-order valence-corrected chi connectivity index (χ0v) is 27.1. The number of nitrogens with one attached hydrogen (secondary N) is 2. The van der Waals surface area contributed by atoms with Crippen LogP contribution in [0.15, 0.2) is 42.6 Å². The van der Waals surface area contributed by atoms with Crippen molar-refractivity contribution in [1.82, 2.24) is 14.6 Å². The first kappa shape index (κ1) is 31.2. The number of piperidine rings is 1. The largest absolute Gasteiger partial charge is 0.481 e. The molecule has 1 saturated heterocycles. The second kappa shape index (κ2) is 12.5. The van der Waals surface area contributed by atoms with E-state index in [2.05, 4.69) is 59.1 Å². The molecule has 2 aliphatic rings. The van der Waals surface area contributed by atoms with Crippen molar-refractivity contribution in [3.8, 4) is 11.4 Å². The van der Waals surface area contributed by atoms with Gasteiger partial charge in [0.25, 0.3) is 0 Å². The number of carbonyl (C=O) groups is 2. The van der Waals surface area contributed by atoms with Crippen LogP contribution in [-0.4, -0.2) is 50.8 Å². The molecule has 46 heavy (non-hydrogen) atoms. The zero-order chi connectivity index (χ0) is 32.7. The summed E-state index contributed by atoms with van der Waals surface area (Å²) in [6.07, 6.45) is 4.84. The van der Waals surface area contributed by atoms with Crippen LogP contribution < -0.4 is 10.2 Å². The van der Waals surface area contributed by atoms with E-state index in [0.29, 0.717) is 30.4 Å². The van der Waals surface area contributed by atoms with E-state index in [1.54, 1.807) is 10.7 Å². The predicted octanol–water partition coefficient (Wildman–Crippen LogP) is 7.77. The number of fused-ring (bicyclic) bond motifs is 1. The summed E-state index contributed by atoms with van der Waals surface area (Å²) in [5, 5.41) is 16.6. The van der Waals surface area contributed by atoms with Crippen LogP contribution in [0.1, 0.15) is 67.9 Å². The van der Waals surface area contributed by atoms with Crippen LogP contribution in [0.4, 0.5) is 22.7 Å². The number of nitrogens with zero attached hydrogens (tertiary/aromatic N) is 4. The van der Waals surface area contributed by atoms with Crippen molar-refractivity contribution in [2.45, 2.75) is 66.4 Å². The lowest BCUT2D eigenvalue weighted by molar-refractivity contribution is -0.141. The minimum absolute atomic E-state index is 0.175. The number of hydrogen-bond donors (Lipinski definition) is 3. The lowest BCUT2D eigenvalue weighted by Crippen LogP contribution is -2.39. The van der Waals surface area contributed by atoms with Gasteiger partial charge in [-0.25, -0.2) is 14.6 Å². The van der Waals surface area contributed by atoms with Gasteiger partial charge < -0.3 is 20.1 Å². The maximum Gasteiger partial charge on any atom is 0.331 e. The standard InChI is InChI=1S/C36H42N6O4/c1-20-9-10-22(3)27(16-20)38-28-17-25(11-12-30(28)41-13-7-8-26(18-41)35(43)44)33-39-34-31(29(37-6)19-42(34)40-33)36(45)46-32-23(4)14-21(2)15-24(32)5/h9-12,16-17,19,21,23-24,26,32,38H,7-8,13-15,18H2,1-5H3,(H,39,40)(H,43,44). The van der Waals surface area contributed by atoms with Crippen molar-refractivity contribution < 1.29 is 19.4 Å². The number of aromatic amines is 1. The third kappa shape index (κ3) is 6.06. The molecule has 240 valence electrons. The van der Waals surface area contributed by atoms with Gasteiger partial charge in [0.15, 0.2) is 11.5 Å². The molecule has 3 heterocycles. The van der Waals surface area contributed by atoms with Crippen molar-refractivity contribution in [1.29, 1.82) is 0 Å². The van der Waals surface area contributed by atoms with Gasteiger partial charge in [-0.05, 0) is 92.7 Å². The Morgan fingerprint density at radius 3 is 2.57 bits per heavy atom. The number of aromatic nitrogens is 3. The maximum atomic E-state index is 13.6. The van der Waals surface area contributed by atoms with Crippen LogP contribution >= 0.6 is 0 Å². The number of benzene rings is 2. The van der Waals surface area contributed by atoms with Crippen LogP contribution in [0.2, 0.25) is 0 Å². The summed E-state index contributed by atoms with van der Waals surface area (Å²) in [6.45, 7) is 19.5. The molecule has 0 spiro atoms. The summed E-state index contributed by atoms with van der Waals surface area (Å²) >= 11 is 0. The van der Waals surface area contributed by atoms with Crippen molar-refractivity contribution >= 4 is 40.3 Å². The number of carbonyl (C=O) groups excluding carboxylic acids is 1. The van der Waals surface area contributed by atoms with Gasteiger partial charge in [-0.15, -0.1) is 0 Å². The van der Waals surface area contributed by atoms with E-state index in [1.807, 2.05) is 32.0 Å². The van der Waals surface area contributed by atoms with Gasteiger partial charge in [0.1, 0.15) is 11.7 Å². The molecule has 0 bridgehead atoms. The second-order valence-electron chi connectivity index (χ2n) is 13.5. The Balaban J connectivity index is 1.36. The average Bonchev–Trinajstić information content (AvgIpc) is 3.59. The van der Waals surface area contributed by atoms with Crippen LogP contribution in [-0.2, 0) is 9.53 Å². The monoisotopic (exact) mass is 622 g/mol. The third-order valence-electron chi connectivity index (χ3n) is 9.68. The molecule has 2 fully saturated rings. The summed E-state index contributed by atoms with van der Waals surface area (Å²) in [6, 6.07) is 12.2. The molecule has 1 saturated carbocycles. The normalized spacial score (nSPS) is 23.2. The fourth-order valence-corrected chi connectivity index (χ4v) is 7.41. The van der Waals surface area contributed by atoms with Crippen molar-refractivity contribution in [2.75, 3.05) is 23.3 Å². The molecule has 10 heteroatoms. The molecule has 3 atom stereocenters. The van der Waals surface area contributed by atoms with Crippen LogP contribution in [0, 0.1) is 44.1 Å². The van der Waals surface area contributed by atoms with Gasteiger partial charge in [-0.2, -0.15) is 0 Å². The van der Waals surface area contributed by atoms with Crippen molar-refractivity contribution in [2.24, 2.45) is 23.7 Å². The number of carboxylic acids is 1. The minimum Gasteiger partial charge on any atom is -0.481 e. The molecule has 2 aromatic carbocycles. The van der Waals surface area contributed by atoms with E-state index in [0.717, 1.165) is 59.6 Å². The zero-order valence-electron chi connectivity index (χ0n) is 27.1. The van der Waals surface area contributed by atoms with E-state index in [-0.39, 0.29) is 29.2 Å². The summed E-state index contributed by atoms with van der Waals surface area (Å²) in [4.78, 5) is 36.0. The highest BCUT2D eigenvalue weighted by atomic mass is 16.5. The molecular weight excluding hydrogens is 580 g/mol. The van der Waals surface area contributed by atoms with E-state index in [4.69, 9.17) is 16.3 Å². The molecule has 1 aliphatic carbocycles. The Labute approximate surface area is 269 Å². The quantitative estimate of drug-likeness (QED) is 0.142. The van der Waals surface area contributed by atoms with E-state index in [9.17, 15) is 14.7 Å². The topological polar surface area (TPSA) is 116 Å². The predicted molar refractivity (Wildman–Crippen MR) is 179 cm³/mol. The fraction of sp³-hybridized carbons (Fsp3) is 0.444. The number of esters is 1. The Hall–Kier alpha value is -4.78. The van der Waals surface area contributed by atoms with Gasteiger partial charge in [-0.1, -0.05) is 32.9 Å². The Kier molecular flexibility index (Phi) is 8.51. The molecule has 4 aromatic rings. The second-order valence-corrected chi connectivity index (χ2v) is 13.5. The summed E-state index contributed by atoms with van der Waals surface area (Å²) in [5.74, 6) is -0.124. The Bertz CT molecular complexity index is 1820. The SMILES string of the molecule is [C-]#[N+]c1cn2[nH]c(-c3ccc(N4CCCC(C(=O)O)C4)c(Nc4cc(C)ccc4C)c3)nc2c1C(=O)OC1C(C)CC(C)CC1C. The van der Waals surface area contributed by atoms with E-state index >= 15 is 0 Å². The van der Waals surface area contributed by atoms with Gasteiger partial charge in [0, 0.05) is 30.5 Å². The molecule has 10 nitrogen and oxygen atoms in total. The number of rotatable bonds is 7. The smallest absolute Gasteiger partial charge is 0.331 e. The van der Waals surface area contributed by atoms with Gasteiger partial charge in [0.05, 0.1) is 23.9 Å². The van der Waals surface area contributed by atoms with Crippen LogP contribution in [0.3, 0.4) is 0 Å². The van der Waals surface area contributed by atoms with Crippen LogP contribution in [0.5, 0.6) is 0 Å². The first-order chi connectivity index (χ1) is 22.0. The molecular formula is C36H42N6O4. The number of anilines is 3. The Morgan fingerprint density at radius 2 is 1.85 bits per heavy atom. The highest BCUT2D eigenvalue weighted by Gasteiger charge is 2.36. The lowest BCUT2D eigenvalue weighted by atomic mass is 9.75. The van der Waals surface area contributed by atoms with Gasteiger partial charge in [0.2, 0.25) is 5.69 Å². The fourth-order valence-electron chi connectivity index (χ4n) is 7.41. The molecule has 3 N–H and O–H groups in total. The number of aliphatic carboxylic acids is 1. The number of hydrogen-bond acceptors (Lipinski definition) is 6. The first-order valence-corrected chi connectivity index (χ1v) is 16.2. The Morgan fingerprint density at radius 1 is 1.09 bits per heavy atom. The molecule has 0 amide bonds. The summed E-state index contributed by atoms with van der Waals surface area (Å²) in [7, 11) is 0. The van der Waals surface area contributed by atoms with Crippen LogP contribution in [0.25, 0.3) is 21.9 Å². The van der Waals surface area contributed by atoms with E-state index in [1.165, 1.54) is 0 Å². The number of carboxylic acid groups (broad SMARTS) is 1. The lowest BCUT2D eigenvalue weighted by Gasteiger charge is -2.37. The summed E-state index contributed by atoms with van der Waals surface area (Å²) < 4.78 is 7.70. The highest BCUT2D eigenvalue weighted by molar-refractivity contribution is 6.03. The minimum atomic E-state index is -0.771. The molecule has 3 unspecified atom stereocenters. The van der Waals surface area contributed by atoms with Gasteiger partial charge >= 0.3 is 11.9 Å². The molecule has 6 rings (SSSR count). The average molecular weight is 623 g/mol. The molecule has 0 radical (unpaired) electrons. The maximum absolute atomic E-state index is 13.6. The molecule has 1 aliphatic heterocycles. The summed E-state index contributed by atoms with van der Waals surface area (Å²) in [5.41, 5.74) is 6.42. The number of aryl methyl sites for hydroxylation is 2. The number of ether oxygens (including phenoxy) is 1. The van der Waals surface area contributed by atoms with Crippen molar-refractivity contribution in [3.63, 3.8) is 0 Å². The highest BCUT2D eigenvalue weighted by Crippen LogP contribution is 2.39.